The van der Waals surface area contributed by atoms with Gasteiger partial charge in [0, 0.05) is 25.2 Å². The van der Waals surface area contributed by atoms with Gasteiger partial charge in [0.1, 0.15) is 0 Å². The van der Waals surface area contributed by atoms with Crippen LogP contribution in [-0.2, 0) is 0 Å². The molecule has 1 aromatic rings. The number of nitrogens with zero attached hydrogens (tertiary/aromatic N) is 2. The summed E-state index contributed by atoms with van der Waals surface area (Å²) in [4.78, 5) is 2.60. The first-order valence-corrected chi connectivity index (χ1v) is 7.30. The summed E-state index contributed by atoms with van der Waals surface area (Å²) in [5.41, 5.74) is 1.12. The van der Waals surface area contributed by atoms with Crippen molar-refractivity contribution in [2.24, 2.45) is 0 Å². The van der Waals surface area contributed by atoms with Crippen LogP contribution < -0.4 is 5.32 Å². The van der Waals surface area contributed by atoms with Gasteiger partial charge in [0.2, 0.25) is 0 Å². The van der Waals surface area contributed by atoms with E-state index < -0.39 is 0 Å². The molecule has 19 heavy (non-hydrogen) atoms. The Morgan fingerprint density at radius 2 is 2.11 bits per heavy atom. The number of rotatable bonds is 4. The molecule has 1 N–H and O–H groups in total. The molecule has 3 rings (SSSR count). The Balaban J connectivity index is 1.58. The topological polar surface area (TPSA) is 39.1 Å². The summed E-state index contributed by atoms with van der Waals surface area (Å²) in [6.07, 6.45) is 3.89. The molecular weight excluding hydrogens is 234 g/mol. The molecule has 0 radical (unpaired) electrons. The Labute approximate surface area is 115 Å². The van der Waals surface area contributed by atoms with Gasteiger partial charge in [0.15, 0.2) is 0 Å². The number of nitrogens with one attached hydrogen (secondary N) is 1. The summed E-state index contributed by atoms with van der Waals surface area (Å²) in [5, 5.41) is 13.0. The highest BCUT2D eigenvalue weighted by molar-refractivity contribution is 5.25. The summed E-state index contributed by atoms with van der Waals surface area (Å²) >= 11 is 0. The Hall–Kier alpha value is -1.37. The van der Waals surface area contributed by atoms with Crippen molar-refractivity contribution in [1.82, 2.24) is 10.2 Å². The minimum Gasteiger partial charge on any atom is -0.311 e. The number of hydrogen-bond acceptors (Lipinski definition) is 3. The molecule has 3 unspecified atom stereocenters. The quantitative estimate of drug-likeness (QED) is 0.895. The zero-order chi connectivity index (χ0) is 13.1. The summed E-state index contributed by atoms with van der Waals surface area (Å²) < 4.78 is 0. The Morgan fingerprint density at radius 3 is 2.89 bits per heavy atom. The Morgan fingerprint density at radius 1 is 1.26 bits per heavy atom. The highest BCUT2D eigenvalue weighted by Crippen LogP contribution is 2.28. The molecule has 2 aliphatic rings. The van der Waals surface area contributed by atoms with E-state index in [1.807, 2.05) is 30.3 Å². The fourth-order valence-electron chi connectivity index (χ4n) is 3.51. The van der Waals surface area contributed by atoms with Gasteiger partial charge in [-0.25, -0.2) is 0 Å². The molecule has 3 atom stereocenters. The number of hydrogen-bond donors (Lipinski definition) is 1. The van der Waals surface area contributed by atoms with E-state index in [1.165, 1.54) is 32.4 Å². The van der Waals surface area contributed by atoms with Crippen molar-refractivity contribution in [2.45, 2.75) is 37.3 Å². The average Bonchev–Trinajstić information content (AvgIpc) is 3.05. The highest BCUT2D eigenvalue weighted by Gasteiger charge is 2.36. The number of benzene rings is 1. The third kappa shape index (κ3) is 2.65. The van der Waals surface area contributed by atoms with Crippen molar-refractivity contribution >= 4 is 0 Å². The van der Waals surface area contributed by atoms with Gasteiger partial charge in [0.25, 0.3) is 0 Å². The first kappa shape index (κ1) is 12.7. The second-order valence-corrected chi connectivity index (χ2v) is 5.64. The molecule has 0 aromatic heterocycles. The monoisotopic (exact) mass is 255 g/mol. The fourth-order valence-corrected chi connectivity index (χ4v) is 3.51. The van der Waals surface area contributed by atoms with E-state index in [-0.39, 0.29) is 5.92 Å². The van der Waals surface area contributed by atoms with Crippen LogP contribution in [-0.4, -0.2) is 36.6 Å². The maximum absolute atomic E-state index is 9.34. The van der Waals surface area contributed by atoms with E-state index in [1.54, 1.807) is 0 Å². The first-order chi connectivity index (χ1) is 9.38. The third-order valence-electron chi connectivity index (χ3n) is 4.55. The van der Waals surface area contributed by atoms with E-state index >= 15 is 0 Å². The summed E-state index contributed by atoms with van der Waals surface area (Å²) in [6, 6.07) is 13.8. The van der Waals surface area contributed by atoms with Crippen molar-refractivity contribution in [1.29, 1.82) is 5.26 Å². The second kappa shape index (κ2) is 5.73. The van der Waals surface area contributed by atoms with Gasteiger partial charge < -0.3 is 5.32 Å². The van der Waals surface area contributed by atoms with Crippen LogP contribution in [0.5, 0.6) is 0 Å². The average molecular weight is 255 g/mol. The molecule has 2 aliphatic heterocycles. The van der Waals surface area contributed by atoms with E-state index in [0.717, 1.165) is 18.2 Å². The fraction of sp³-hybridized carbons (Fsp3) is 0.562. The molecule has 0 spiro atoms. The molecule has 3 nitrogen and oxygen atoms in total. The number of fused-ring (bicyclic) bond motifs is 1. The molecule has 0 bridgehead atoms. The van der Waals surface area contributed by atoms with Crippen LogP contribution in [0, 0.1) is 11.3 Å². The molecule has 0 saturated carbocycles. The maximum Gasteiger partial charge on any atom is 0.0837 e. The molecule has 0 amide bonds. The zero-order valence-electron chi connectivity index (χ0n) is 11.3. The predicted molar refractivity (Wildman–Crippen MR) is 75.8 cm³/mol. The van der Waals surface area contributed by atoms with Gasteiger partial charge in [-0.15, -0.1) is 0 Å². The Bertz CT molecular complexity index is 451. The molecule has 2 saturated heterocycles. The first-order valence-electron chi connectivity index (χ1n) is 7.30. The highest BCUT2D eigenvalue weighted by atomic mass is 15.2. The van der Waals surface area contributed by atoms with Crippen molar-refractivity contribution < 1.29 is 0 Å². The van der Waals surface area contributed by atoms with E-state index in [4.69, 9.17) is 0 Å². The van der Waals surface area contributed by atoms with Gasteiger partial charge in [-0.2, -0.15) is 5.26 Å². The van der Waals surface area contributed by atoms with Crippen molar-refractivity contribution in [3.63, 3.8) is 0 Å². The maximum atomic E-state index is 9.34. The van der Waals surface area contributed by atoms with Gasteiger partial charge in [0.05, 0.1) is 12.0 Å². The molecule has 100 valence electrons. The van der Waals surface area contributed by atoms with Crippen molar-refractivity contribution in [3.8, 4) is 6.07 Å². The summed E-state index contributed by atoms with van der Waals surface area (Å²) in [7, 11) is 0. The largest absolute Gasteiger partial charge is 0.311 e. The van der Waals surface area contributed by atoms with Gasteiger partial charge >= 0.3 is 0 Å². The lowest BCUT2D eigenvalue weighted by Gasteiger charge is -2.22. The van der Waals surface area contributed by atoms with Crippen LogP contribution in [0.25, 0.3) is 0 Å². The minimum absolute atomic E-state index is 0.0309. The normalized spacial score (nSPS) is 27.9. The molecule has 0 aliphatic carbocycles. The standard InChI is InChI=1S/C16H21N3/c17-11-14(13-5-2-1-3-6-13)12-18-15-8-10-19-9-4-7-16(15)19/h1-3,5-6,14-16,18H,4,7-10,12H2. The second-order valence-electron chi connectivity index (χ2n) is 5.64. The van der Waals surface area contributed by atoms with Crippen LogP contribution in [0.15, 0.2) is 30.3 Å². The van der Waals surface area contributed by atoms with E-state index in [9.17, 15) is 5.26 Å². The van der Waals surface area contributed by atoms with Crippen molar-refractivity contribution in [3.05, 3.63) is 35.9 Å². The van der Waals surface area contributed by atoms with E-state index in [2.05, 4.69) is 16.3 Å². The van der Waals surface area contributed by atoms with Gasteiger partial charge in [-0.1, -0.05) is 30.3 Å². The smallest absolute Gasteiger partial charge is 0.0837 e. The van der Waals surface area contributed by atoms with Gasteiger partial charge in [-0.3, -0.25) is 4.90 Å². The predicted octanol–water partition coefficient (Wildman–Crippen LogP) is 2.12. The van der Waals surface area contributed by atoms with Crippen LogP contribution in [0.4, 0.5) is 0 Å². The van der Waals surface area contributed by atoms with Crippen LogP contribution >= 0.6 is 0 Å². The summed E-state index contributed by atoms with van der Waals surface area (Å²) in [5.74, 6) is -0.0309. The lowest BCUT2D eigenvalue weighted by Crippen LogP contribution is -2.40. The van der Waals surface area contributed by atoms with E-state index in [0.29, 0.717) is 6.04 Å². The molecule has 2 fully saturated rings. The lowest BCUT2D eigenvalue weighted by molar-refractivity contribution is 0.298. The SMILES string of the molecule is N#CC(CNC1CCN2CCCC12)c1ccccc1. The lowest BCUT2D eigenvalue weighted by atomic mass is 9.99. The molecule has 1 aromatic carbocycles. The van der Waals surface area contributed by atoms with Crippen LogP contribution in [0.3, 0.4) is 0 Å². The number of nitriles is 1. The van der Waals surface area contributed by atoms with Crippen molar-refractivity contribution in [2.75, 3.05) is 19.6 Å². The van der Waals surface area contributed by atoms with Crippen LogP contribution in [0.1, 0.15) is 30.7 Å². The minimum atomic E-state index is -0.0309. The molecule has 3 heteroatoms. The zero-order valence-corrected chi connectivity index (χ0v) is 11.3. The van der Waals surface area contributed by atoms with Gasteiger partial charge in [-0.05, 0) is 31.4 Å². The molecule has 2 heterocycles. The Kier molecular flexibility index (Phi) is 3.82. The van der Waals surface area contributed by atoms with Crippen LogP contribution in [0.2, 0.25) is 0 Å². The third-order valence-corrected chi connectivity index (χ3v) is 4.55. The summed E-state index contributed by atoms with van der Waals surface area (Å²) in [6.45, 7) is 3.27. The molecular formula is C16H21N3.